The minimum Gasteiger partial charge on any atom is -0.382 e. The lowest BCUT2D eigenvalue weighted by Gasteiger charge is -2.12. The van der Waals surface area contributed by atoms with Gasteiger partial charge in [-0.2, -0.15) is 0 Å². The predicted molar refractivity (Wildman–Crippen MR) is 77.8 cm³/mol. The van der Waals surface area contributed by atoms with E-state index in [0.29, 0.717) is 13.2 Å². The van der Waals surface area contributed by atoms with E-state index in [0.717, 1.165) is 30.3 Å². The molecule has 0 aromatic heterocycles. The highest BCUT2D eigenvalue weighted by Gasteiger charge is 2.06. The van der Waals surface area contributed by atoms with E-state index in [1.54, 1.807) is 7.11 Å². The number of methoxy groups -OCH3 is 1. The van der Waals surface area contributed by atoms with Gasteiger partial charge >= 0.3 is 0 Å². The van der Waals surface area contributed by atoms with E-state index in [9.17, 15) is 0 Å². The van der Waals surface area contributed by atoms with Crippen LogP contribution in [0.25, 0.3) is 0 Å². The lowest BCUT2D eigenvalue weighted by molar-refractivity contribution is 0.0682. The summed E-state index contributed by atoms with van der Waals surface area (Å²) in [6.45, 7) is 2.08. The zero-order chi connectivity index (χ0) is 13.2. The topological polar surface area (TPSA) is 44.5 Å². The minimum absolute atomic E-state index is 0.190. The molecule has 0 saturated carbocycles. The first-order valence-corrected chi connectivity index (χ1v) is 7.09. The van der Waals surface area contributed by atoms with Crippen LogP contribution in [-0.2, 0) is 15.9 Å². The molecular formula is C14H22BrNO2. The van der Waals surface area contributed by atoms with Crippen molar-refractivity contribution in [2.24, 2.45) is 5.73 Å². The molecule has 0 saturated heterocycles. The van der Waals surface area contributed by atoms with Crippen molar-refractivity contribution in [1.82, 2.24) is 0 Å². The van der Waals surface area contributed by atoms with Gasteiger partial charge in [-0.1, -0.05) is 34.1 Å². The smallest absolute Gasteiger partial charge is 0.0700 e. The fraction of sp³-hybridized carbons (Fsp3) is 0.571. The van der Waals surface area contributed by atoms with Crippen molar-refractivity contribution in [3.05, 3.63) is 34.3 Å². The summed E-state index contributed by atoms with van der Waals surface area (Å²) in [7, 11) is 1.68. The molecule has 102 valence electrons. The molecule has 18 heavy (non-hydrogen) atoms. The highest BCUT2D eigenvalue weighted by molar-refractivity contribution is 9.10. The van der Waals surface area contributed by atoms with E-state index in [1.807, 2.05) is 12.1 Å². The maximum atomic E-state index is 6.11. The molecule has 1 rings (SSSR count). The van der Waals surface area contributed by atoms with Crippen molar-refractivity contribution in [2.45, 2.75) is 25.3 Å². The van der Waals surface area contributed by atoms with Crippen LogP contribution in [0, 0.1) is 0 Å². The summed E-state index contributed by atoms with van der Waals surface area (Å²) >= 11 is 3.54. The molecule has 1 aromatic carbocycles. The molecule has 1 atom stereocenters. The first kappa shape index (κ1) is 15.6. The summed E-state index contributed by atoms with van der Waals surface area (Å²) < 4.78 is 11.5. The first-order chi connectivity index (χ1) is 8.74. The standard InChI is InChI=1S/C14H22BrNO2/c1-17-9-10-18-8-4-6-13(16)11-12-5-2-3-7-14(12)15/h2-3,5,7,13H,4,6,8-11,16H2,1H3. The largest absolute Gasteiger partial charge is 0.382 e. The third-order valence-electron chi connectivity index (χ3n) is 2.74. The van der Waals surface area contributed by atoms with Crippen LogP contribution in [0.3, 0.4) is 0 Å². The van der Waals surface area contributed by atoms with Gasteiger partial charge in [0.15, 0.2) is 0 Å². The summed E-state index contributed by atoms with van der Waals surface area (Å²) in [5.74, 6) is 0. The van der Waals surface area contributed by atoms with Gasteiger partial charge in [0.1, 0.15) is 0 Å². The van der Waals surface area contributed by atoms with Crippen LogP contribution in [-0.4, -0.2) is 33.0 Å². The van der Waals surface area contributed by atoms with Crippen LogP contribution in [0.15, 0.2) is 28.7 Å². The summed E-state index contributed by atoms with van der Waals surface area (Å²) in [5, 5.41) is 0. The Kier molecular flexibility index (Phi) is 8.25. The molecule has 1 unspecified atom stereocenters. The number of hydrogen-bond acceptors (Lipinski definition) is 3. The fourth-order valence-corrected chi connectivity index (χ4v) is 2.19. The number of nitrogens with two attached hydrogens (primary N) is 1. The van der Waals surface area contributed by atoms with Crippen LogP contribution < -0.4 is 5.73 Å². The van der Waals surface area contributed by atoms with Gasteiger partial charge in [-0.15, -0.1) is 0 Å². The number of halogens is 1. The van der Waals surface area contributed by atoms with Gasteiger partial charge < -0.3 is 15.2 Å². The Balaban J connectivity index is 2.14. The quantitative estimate of drug-likeness (QED) is 0.713. The number of rotatable bonds is 9. The molecular weight excluding hydrogens is 294 g/mol. The van der Waals surface area contributed by atoms with Crippen LogP contribution in [0.4, 0.5) is 0 Å². The second kappa shape index (κ2) is 9.50. The molecule has 0 aliphatic carbocycles. The normalized spacial score (nSPS) is 12.6. The lowest BCUT2D eigenvalue weighted by Crippen LogP contribution is -2.23. The van der Waals surface area contributed by atoms with E-state index in [-0.39, 0.29) is 6.04 Å². The molecule has 0 amide bonds. The van der Waals surface area contributed by atoms with Crippen LogP contribution in [0.1, 0.15) is 18.4 Å². The van der Waals surface area contributed by atoms with Gasteiger partial charge in [-0.05, 0) is 30.9 Å². The Bertz CT molecular complexity index is 333. The van der Waals surface area contributed by atoms with Crippen molar-refractivity contribution in [1.29, 1.82) is 0 Å². The molecule has 0 bridgehead atoms. The number of benzene rings is 1. The average molecular weight is 316 g/mol. The van der Waals surface area contributed by atoms with Crippen molar-refractivity contribution in [3.63, 3.8) is 0 Å². The van der Waals surface area contributed by atoms with Crippen molar-refractivity contribution in [3.8, 4) is 0 Å². The Morgan fingerprint density at radius 3 is 2.72 bits per heavy atom. The van der Waals surface area contributed by atoms with Gasteiger partial charge in [0.25, 0.3) is 0 Å². The zero-order valence-corrected chi connectivity index (χ0v) is 12.5. The predicted octanol–water partition coefficient (Wildman–Crippen LogP) is 2.76. The second-order valence-corrected chi connectivity index (χ2v) is 5.16. The Morgan fingerprint density at radius 2 is 2.00 bits per heavy atom. The Labute approximate surface area is 118 Å². The van der Waals surface area contributed by atoms with E-state index in [4.69, 9.17) is 15.2 Å². The maximum absolute atomic E-state index is 6.11. The third kappa shape index (κ3) is 6.50. The third-order valence-corrected chi connectivity index (χ3v) is 3.51. The second-order valence-electron chi connectivity index (χ2n) is 4.30. The van der Waals surface area contributed by atoms with E-state index < -0.39 is 0 Å². The van der Waals surface area contributed by atoms with E-state index in [1.165, 1.54) is 5.56 Å². The summed E-state index contributed by atoms with van der Waals surface area (Å²) in [6, 6.07) is 8.41. The number of ether oxygens (including phenoxy) is 2. The fourth-order valence-electron chi connectivity index (χ4n) is 1.74. The summed E-state index contributed by atoms with van der Waals surface area (Å²) in [4.78, 5) is 0. The SMILES string of the molecule is COCCOCCCC(N)Cc1ccccc1Br. The monoisotopic (exact) mass is 315 g/mol. The number of hydrogen-bond donors (Lipinski definition) is 1. The molecule has 0 aliphatic rings. The summed E-state index contributed by atoms with van der Waals surface area (Å²) in [5.41, 5.74) is 7.38. The van der Waals surface area contributed by atoms with Crippen molar-refractivity contribution >= 4 is 15.9 Å². The maximum Gasteiger partial charge on any atom is 0.0700 e. The average Bonchev–Trinajstić information content (AvgIpc) is 2.36. The highest BCUT2D eigenvalue weighted by Crippen LogP contribution is 2.18. The Morgan fingerprint density at radius 1 is 1.22 bits per heavy atom. The minimum atomic E-state index is 0.190. The van der Waals surface area contributed by atoms with Gasteiger partial charge in [-0.25, -0.2) is 0 Å². The molecule has 0 heterocycles. The zero-order valence-electron chi connectivity index (χ0n) is 10.9. The van der Waals surface area contributed by atoms with Crippen molar-refractivity contribution in [2.75, 3.05) is 26.9 Å². The molecule has 1 aromatic rings. The van der Waals surface area contributed by atoms with Crippen LogP contribution >= 0.6 is 15.9 Å². The molecule has 2 N–H and O–H groups in total. The molecule has 0 radical (unpaired) electrons. The van der Waals surface area contributed by atoms with Gasteiger partial charge in [0.05, 0.1) is 13.2 Å². The molecule has 0 fully saturated rings. The van der Waals surface area contributed by atoms with Crippen molar-refractivity contribution < 1.29 is 9.47 Å². The van der Waals surface area contributed by atoms with E-state index >= 15 is 0 Å². The lowest BCUT2D eigenvalue weighted by atomic mass is 10.0. The first-order valence-electron chi connectivity index (χ1n) is 6.29. The van der Waals surface area contributed by atoms with Gasteiger partial charge in [0, 0.05) is 24.2 Å². The molecule has 3 nitrogen and oxygen atoms in total. The van der Waals surface area contributed by atoms with Crippen LogP contribution in [0.5, 0.6) is 0 Å². The highest BCUT2D eigenvalue weighted by atomic mass is 79.9. The molecule has 0 aliphatic heterocycles. The molecule has 0 spiro atoms. The van der Waals surface area contributed by atoms with Gasteiger partial charge in [0.2, 0.25) is 0 Å². The van der Waals surface area contributed by atoms with E-state index in [2.05, 4.69) is 28.1 Å². The van der Waals surface area contributed by atoms with Crippen LogP contribution in [0.2, 0.25) is 0 Å². The summed E-state index contributed by atoms with van der Waals surface area (Å²) in [6.07, 6.45) is 2.88. The Hall–Kier alpha value is -0.420. The van der Waals surface area contributed by atoms with Gasteiger partial charge in [-0.3, -0.25) is 0 Å². The molecule has 4 heteroatoms.